The lowest BCUT2D eigenvalue weighted by molar-refractivity contribution is 0.0514. The maximum atomic E-state index is 12.7. The number of fused-ring (bicyclic) bond motifs is 2. The molecule has 2 saturated heterocycles. The van der Waals surface area contributed by atoms with E-state index >= 15 is 0 Å². The van der Waals surface area contributed by atoms with Crippen LogP contribution in [-0.4, -0.2) is 37.8 Å². The molecule has 6 heteroatoms. The van der Waals surface area contributed by atoms with Gasteiger partial charge in [-0.1, -0.05) is 5.16 Å². The van der Waals surface area contributed by atoms with Crippen molar-refractivity contribution in [2.45, 2.75) is 57.7 Å². The van der Waals surface area contributed by atoms with E-state index in [4.69, 9.17) is 4.52 Å². The highest BCUT2D eigenvalue weighted by atomic mass is 16.5. The molecule has 2 aliphatic heterocycles. The fourth-order valence-corrected chi connectivity index (χ4v) is 3.93. The highest BCUT2D eigenvalue weighted by Crippen LogP contribution is 2.41. The monoisotopic (exact) mass is 300 g/mol. The summed E-state index contributed by atoms with van der Waals surface area (Å²) in [6, 6.07) is 2.70. The van der Waals surface area contributed by atoms with E-state index in [1.54, 1.807) is 6.07 Å². The minimum atomic E-state index is 0.0134. The maximum absolute atomic E-state index is 12.7. The molecule has 2 aromatic rings. The van der Waals surface area contributed by atoms with E-state index in [2.05, 4.69) is 28.1 Å². The van der Waals surface area contributed by atoms with Crippen LogP contribution in [0.1, 0.15) is 53.5 Å². The van der Waals surface area contributed by atoms with Crippen molar-refractivity contribution in [3.8, 4) is 0 Å². The molecule has 2 bridgehead atoms. The van der Waals surface area contributed by atoms with Crippen molar-refractivity contribution in [1.29, 1.82) is 0 Å². The predicted molar refractivity (Wildman–Crippen MR) is 79.5 cm³/mol. The zero-order chi connectivity index (χ0) is 15.3. The first kappa shape index (κ1) is 13.5. The molecule has 2 unspecified atom stereocenters. The van der Waals surface area contributed by atoms with Gasteiger partial charge < -0.3 is 9.42 Å². The summed E-state index contributed by atoms with van der Waals surface area (Å²) in [7, 11) is 0. The minimum absolute atomic E-state index is 0.0134. The molecule has 2 fully saturated rings. The van der Waals surface area contributed by atoms with Crippen LogP contribution >= 0.6 is 0 Å². The summed E-state index contributed by atoms with van der Waals surface area (Å²) in [6.07, 6.45) is 8.09. The lowest BCUT2D eigenvalue weighted by Gasteiger charge is -2.38. The third-order valence-electron chi connectivity index (χ3n) is 4.89. The van der Waals surface area contributed by atoms with Gasteiger partial charge in [-0.05, 0) is 45.1 Å². The molecule has 2 atom stereocenters. The Morgan fingerprint density at radius 3 is 2.50 bits per heavy atom. The third-order valence-corrected chi connectivity index (χ3v) is 4.89. The second-order valence-electron chi connectivity index (χ2n) is 6.54. The van der Waals surface area contributed by atoms with E-state index in [0.29, 0.717) is 17.5 Å². The van der Waals surface area contributed by atoms with Gasteiger partial charge in [-0.25, -0.2) is 0 Å². The largest absolute Gasteiger partial charge is 0.361 e. The Morgan fingerprint density at radius 1 is 1.23 bits per heavy atom. The Kier molecular flexibility index (Phi) is 3.06. The first-order valence-corrected chi connectivity index (χ1v) is 7.88. The summed E-state index contributed by atoms with van der Waals surface area (Å²) in [5.74, 6) is 0.692. The van der Waals surface area contributed by atoms with Crippen molar-refractivity contribution in [2.75, 3.05) is 0 Å². The van der Waals surface area contributed by atoms with Gasteiger partial charge in [-0.2, -0.15) is 5.10 Å². The standard InChI is InChI=1S/C16H20N4O2/c1-10-8-17-19(9-10)14-6-12-3-4-13(7-14)20(12)16(21)15-5-11(2)22-18-15/h5,8-9,12-14H,3-4,6-7H2,1-2H3. The Balaban J connectivity index is 1.55. The van der Waals surface area contributed by atoms with Gasteiger partial charge in [0.2, 0.25) is 0 Å². The van der Waals surface area contributed by atoms with Crippen LogP contribution in [0.25, 0.3) is 0 Å². The first-order chi connectivity index (χ1) is 10.6. The summed E-state index contributed by atoms with van der Waals surface area (Å²) in [6.45, 7) is 3.87. The normalized spacial score (nSPS) is 27.4. The summed E-state index contributed by atoms with van der Waals surface area (Å²) >= 11 is 0. The number of carbonyl (C=O) groups is 1. The number of piperidine rings is 1. The quantitative estimate of drug-likeness (QED) is 0.855. The van der Waals surface area contributed by atoms with Gasteiger partial charge in [0.15, 0.2) is 5.69 Å². The molecule has 4 heterocycles. The molecule has 1 amide bonds. The molecule has 0 saturated carbocycles. The number of hydrogen-bond donors (Lipinski definition) is 0. The summed E-state index contributed by atoms with van der Waals surface area (Å²) in [5, 5.41) is 8.34. The number of aromatic nitrogens is 3. The molecule has 116 valence electrons. The molecule has 2 aromatic heterocycles. The Morgan fingerprint density at radius 2 is 1.95 bits per heavy atom. The molecule has 0 spiro atoms. The molecule has 0 radical (unpaired) electrons. The molecule has 22 heavy (non-hydrogen) atoms. The number of carbonyl (C=O) groups excluding carboxylic acids is 1. The van der Waals surface area contributed by atoms with Crippen LogP contribution in [0.3, 0.4) is 0 Å². The van der Waals surface area contributed by atoms with Crippen LogP contribution < -0.4 is 0 Å². The number of amides is 1. The molecule has 0 N–H and O–H groups in total. The number of rotatable bonds is 2. The SMILES string of the molecule is Cc1cnn(C2CC3CCC(C2)N3C(=O)c2cc(C)on2)c1. The Labute approximate surface area is 129 Å². The van der Waals surface area contributed by atoms with Gasteiger partial charge in [0.25, 0.3) is 5.91 Å². The van der Waals surface area contributed by atoms with E-state index in [-0.39, 0.29) is 18.0 Å². The molecule has 6 nitrogen and oxygen atoms in total. The minimum Gasteiger partial charge on any atom is -0.361 e. The predicted octanol–water partition coefficient (Wildman–Crippen LogP) is 2.50. The zero-order valence-electron chi connectivity index (χ0n) is 12.9. The second-order valence-corrected chi connectivity index (χ2v) is 6.54. The van der Waals surface area contributed by atoms with E-state index in [1.165, 1.54) is 5.56 Å². The number of hydrogen-bond acceptors (Lipinski definition) is 4. The summed E-state index contributed by atoms with van der Waals surface area (Å²) in [5.41, 5.74) is 1.62. The molecule has 4 rings (SSSR count). The van der Waals surface area contributed by atoms with E-state index in [0.717, 1.165) is 25.7 Å². The van der Waals surface area contributed by atoms with Crippen LogP contribution in [0.2, 0.25) is 0 Å². The average molecular weight is 300 g/mol. The highest BCUT2D eigenvalue weighted by molar-refractivity contribution is 5.93. The van der Waals surface area contributed by atoms with Gasteiger partial charge >= 0.3 is 0 Å². The van der Waals surface area contributed by atoms with Crippen LogP contribution in [-0.2, 0) is 0 Å². The van der Waals surface area contributed by atoms with Crippen molar-refractivity contribution in [1.82, 2.24) is 19.8 Å². The summed E-state index contributed by atoms with van der Waals surface area (Å²) < 4.78 is 7.12. The smallest absolute Gasteiger partial charge is 0.276 e. The van der Waals surface area contributed by atoms with Crippen molar-refractivity contribution in [3.63, 3.8) is 0 Å². The first-order valence-electron chi connectivity index (χ1n) is 7.88. The van der Waals surface area contributed by atoms with Crippen molar-refractivity contribution in [2.24, 2.45) is 0 Å². The number of nitrogens with zero attached hydrogens (tertiary/aromatic N) is 4. The molecule has 0 aliphatic carbocycles. The van der Waals surface area contributed by atoms with Crippen LogP contribution in [0.5, 0.6) is 0 Å². The van der Waals surface area contributed by atoms with Crippen LogP contribution in [0.4, 0.5) is 0 Å². The van der Waals surface area contributed by atoms with Crippen LogP contribution in [0, 0.1) is 13.8 Å². The third kappa shape index (κ3) is 2.14. The number of aryl methyl sites for hydroxylation is 2. The van der Waals surface area contributed by atoms with E-state index in [9.17, 15) is 4.79 Å². The van der Waals surface area contributed by atoms with Gasteiger partial charge in [-0.3, -0.25) is 9.48 Å². The highest BCUT2D eigenvalue weighted by Gasteiger charge is 2.44. The summed E-state index contributed by atoms with van der Waals surface area (Å²) in [4.78, 5) is 14.7. The molecular weight excluding hydrogens is 280 g/mol. The molecule has 2 aliphatic rings. The van der Waals surface area contributed by atoms with Crippen molar-refractivity contribution < 1.29 is 9.32 Å². The fraction of sp³-hybridized carbons (Fsp3) is 0.562. The van der Waals surface area contributed by atoms with E-state index in [1.807, 2.05) is 18.0 Å². The lowest BCUT2D eigenvalue weighted by Crippen LogP contribution is -2.47. The second kappa shape index (κ2) is 4.97. The van der Waals surface area contributed by atoms with Crippen molar-refractivity contribution in [3.05, 3.63) is 35.5 Å². The van der Waals surface area contributed by atoms with Gasteiger partial charge in [0.1, 0.15) is 5.76 Å². The van der Waals surface area contributed by atoms with Crippen LogP contribution in [0.15, 0.2) is 23.0 Å². The van der Waals surface area contributed by atoms with Gasteiger partial charge in [-0.15, -0.1) is 0 Å². The Hall–Kier alpha value is -2.11. The van der Waals surface area contributed by atoms with E-state index < -0.39 is 0 Å². The maximum Gasteiger partial charge on any atom is 0.276 e. The fourth-order valence-electron chi connectivity index (χ4n) is 3.93. The Bertz CT molecular complexity index is 691. The molecule has 0 aromatic carbocycles. The topological polar surface area (TPSA) is 64.2 Å². The molecular formula is C16H20N4O2. The average Bonchev–Trinajstić information content (AvgIpc) is 3.17. The lowest BCUT2D eigenvalue weighted by atomic mass is 9.97. The zero-order valence-corrected chi connectivity index (χ0v) is 12.9. The van der Waals surface area contributed by atoms with Crippen molar-refractivity contribution >= 4 is 5.91 Å². The van der Waals surface area contributed by atoms with Gasteiger partial charge in [0.05, 0.1) is 12.2 Å². The van der Waals surface area contributed by atoms with Gasteiger partial charge in [0, 0.05) is 24.3 Å².